The second-order valence-electron chi connectivity index (χ2n) is 3.19. The van der Waals surface area contributed by atoms with Crippen LogP contribution in [0, 0.1) is 5.82 Å². The van der Waals surface area contributed by atoms with Crippen molar-refractivity contribution in [2.24, 2.45) is 0 Å². The first-order valence-corrected chi connectivity index (χ1v) is 5.10. The van der Waals surface area contributed by atoms with Gasteiger partial charge in [0.15, 0.2) is 0 Å². The van der Waals surface area contributed by atoms with Crippen LogP contribution in [0.1, 0.15) is 24.5 Å². The summed E-state index contributed by atoms with van der Waals surface area (Å²) in [5, 5.41) is 0. The van der Waals surface area contributed by atoms with E-state index in [0.717, 1.165) is 5.56 Å². The molecule has 1 aromatic rings. The van der Waals surface area contributed by atoms with Crippen LogP contribution in [0.15, 0.2) is 22.7 Å². The Labute approximate surface area is 89.2 Å². The molecule has 0 radical (unpaired) electrons. The number of rotatable bonds is 1. The van der Waals surface area contributed by atoms with E-state index in [0.29, 0.717) is 17.3 Å². The van der Waals surface area contributed by atoms with Gasteiger partial charge < -0.3 is 4.74 Å². The summed E-state index contributed by atoms with van der Waals surface area (Å²) in [7, 11) is 0. The normalized spacial score (nSPS) is 21.0. The third-order valence-corrected chi connectivity index (χ3v) is 2.84. The zero-order valence-electron chi connectivity index (χ0n) is 7.30. The Kier molecular flexibility index (Phi) is 2.54. The lowest BCUT2D eigenvalue weighted by molar-refractivity contribution is -0.141. The monoisotopic (exact) mass is 258 g/mol. The lowest BCUT2D eigenvalue weighted by Crippen LogP contribution is -1.99. The molecular weight excluding hydrogens is 251 g/mol. The highest BCUT2D eigenvalue weighted by molar-refractivity contribution is 9.10. The van der Waals surface area contributed by atoms with Crippen LogP contribution in [-0.4, -0.2) is 5.97 Å². The molecule has 0 unspecified atom stereocenters. The average Bonchev–Trinajstić information content (AvgIpc) is 2.57. The van der Waals surface area contributed by atoms with Gasteiger partial charge in [-0.25, -0.2) is 4.39 Å². The van der Waals surface area contributed by atoms with Crippen molar-refractivity contribution in [3.05, 3.63) is 34.1 Å². The van der Waals surface area contributed by atoms with Crippen molar-refractivity contribution in [1.29, 1.82) is 0 Å². The highest BCUT2D eigenvalue weighted by Gasteiger charge is 2.25. The van der Waals surface area contributed by atoms with Gasteiger partial charge in [0.2, 0.25) is 0 Å². The smallest absolute Gasteiger partial charge is 0.306 e. The highest BCUT2D eigenvalue weighted by Crippen LogP contribution is 2.30. The molecule has 1 aliphatic heterocycles. The van der Waals surface area contributed by atoms with E-state index in [4.69, 9.17) is 4.74 Å². The summed E-state index contributed by atoms with van der Waals surface area (Å²) >= 11 is 3.07. The molecule has 0 spiro atoms. The molecule has 0 saturated carbocycles. The molecule has 1 atom stereocenters. The Morgan fingerprint density at radius 3 is 2.86 bits per heavy atom. The zero-order valence-corrected chi connectivity index (χ0v) is 8.88. The van der Waals surface area contributed by atoms with Gasteiger partial charge in [-0.2, -0.15) is 0 Å². The van der Waals surface area contributed by atoms with Crippen LogP contribution in [-0.2, 0) is 9.53 Å². The van der Waals surface area contributed by atoms with Crippen LogP contribution in [0.25, 0.3) is 0 Å². The molecular formula is C10H8BrFO2. The molecule has 2 nitrogen and oxygen atoms in total. The van der Waals surface area contributed by atoms with Crippen LogP contribution in [0.5, 0.6) is 0 Å². The van der Waals surface area contributed by atoms with Crippen molar-refractivity contribution in [1.82, 2.24) is 0 Å². The third-order valence-electron chi connectivity index (χ3n) is 2.20. The van der Waals surface area contributed by atoms with E-state index in [1.54, 1.807) is 12.1 Å². The fraction of sp³-hybridized carbons (Fsp3) is 0.300. The van der Waals surface area contributed by atoms with Gasteiger partial charge >= 0.3 is 5.97 Å². The van der Waals surface area contributed by atoms with Crippen molar-refractivity contribution >= 4 is 21.9 Å². The minimum absolute atomic E-state index is 0.210. The SMILES string of the molecule is O=C1CC[C@H](c2ccc(Br)c(F)c2)O1. The van der Waals surface area contributed by atoms with Gasteiger partial charge in [0, 0.05) is 6.42 Å². The predicted octanol–water partition coefficient (Wildman–Crippen LogP) is 2.97. The zero-order chi connectivity index (χ0) is 10.1. The van der Waals surface area contributed by atoms with Crippen molar-refractivity contribution < 1.29 is 13.9 Å². The summed E-state index contributed by atoms with van der Waals surface area (Å²) in [6, 6.07) is 4.78. The predicted molar refractivity (Wildman–Crippen MR) is 52.2 cm³/mol. The number of cyclic esters (lactones) is 1. The summed E-state index contributed by atoms with van der Waals surface area (Å²) < 4.78 is 18.6. The largest absolute Gasteiger partial charge is 0.457 e. The maximum absolute atomic E-state index is 13.1. The topological polar surface area (TPSA) is 26.3 Å². The van der Waals surface area contributed by atoms with Gasteiger partial charge in [-0.1, -0.05) is 6.07 Å². The van der Waals surface area contributed by atoms with Gasteiger partial charge in [0.05, 0.1) is 4.47 Å². The number of carbonyl (C=O) groups excluding carboxylic acids is 1. The van der Waals surface area contributed by atoms with Crippen LogP contribution >= 0.6 is 15.9 Å². The maximum Gasteiger partial charge on any atom is 0.306 e. The number of halogens is 2. The van der Waals surface area contributed by atoms with Crippen molar-refractivity contribution in [2.45, 2.75) is 18.9 Å². The van der Waals surface area contributed by atoms with Crippen molar-refractivity contribution in [3.63, 3.8) is 0 Å². The molecule has 4 heteroatoms. The Morgan fingerprint density at radius 1 is 1.50 bits per heavy atom. The van der Waals surface area contributed by atoms with Crippen molar-refractivity contribution in [2.75, 3.05) is 0 Å². The first kappa shape index (κ1) is 9.65. The number of ether oxygens (including phenoxy) is 1. The van der Waals surface area contributed by atoms with E-state index in [-0.39, 0.29) is 17.9 Å². The van der Waals surface area contributed by atoms with Crippen LogP contribution < -0.4 is 0 Å². The second kappa shape index (κ2) is 3.69. The molecule has 1 heterocycles. The number of esters is 1. The molecule has 1 aliphatic rings. The van der Waals surface area contributed by atoms with Crippen LogP contribution in [0.3, 0.4) is 0 Å². The van der Waals surface area contributed by atoms with Gasteiger partial charge in [-0.05, 0) is 40.0 Å². The maximum atomic E-state index is 13.1. The van der Waals surface area contributed by atoms with E-state index < -0.39 is 0 Å². The molecule has 14 heavy (non-hydrogen) atoms. The minimum atomic E-state index is -0.328. The molecule has 0 N–H and O–H groups in total. The molecule has 1 fully saturated rings. The van der Waals surface area contributed by atoms with E-state index in [9.17, 15) is 9.18 Å². The fourth-order valence-electron chi connectivity index (χ4n) is 1.47. The Balaban J connectivity index is 2.24. The van der Waals surface area contributed by atoms with Crippen molar-refractivity contribution in [3.8, 4) is 0 Å². The molecule has 1 aromatic carbocycles. The number of carbonyl (C=O) groups is 1. The van der Waals surface area contributed by atoms with Crippen LogP contribution in [0.4, 0.5) is 4.39 Å². The Bertz CT molecular complexity index is 378. The summed E-state index contributed by atoms with van der Waals surface area (Å²) in [4.78, 5) is 10.9. The fourth-order valence-corrected chi connectivity index (χ4v) is 1.72. The van der Waals surface area contributed by atoms with E-state index in [1.165, 1.54) is 6.07 Å². The van der Waals surface area contributed by atoms with E-state index in [1.807, 2.05) is 0 Å². The summed E-state index contributed by atoms with van der Waals surface area (Å²) in [6.07, 6.45) is 0.785. The average molecular weight is 259 g/mol. The minimum Gasteiger partial charge on any atom is -0.457 e. The number of hydrogen-bond acceptors (Lipinski definition) is 2. The van der Waals surface area contributed by atoms with Gasteiger partial charge in [0.25, 0.3) is 0 Å². The van der Waals surface area contributed by atoms with E-state index >= 15 is 0 Å². The van der Waals surface area contributed by atoms with Gasteiger partial charge in [0.1, 0.15) is 11.9 Å². The lowest BCUT2D eigenvalue weighted by Gasteiger charge is -2.09. The third kappa shape index (κ3) is 1.80. The molecule has 0 amide bonds. The Morgan fingerprint density at radius 2 is 2.29 bits per heavy atom. The van der Waals surface area contributed by atoms with Gasteiger partial charge in [-0.3, -0.25) is 4.79 Å². The molecule has 0 aromatic heterocycles. The molecule has 74 valence electrons. The number of hydrogen-bond donors (Lipinski definition) is 0. The molecule has 1 saturated heterocycles. The Hall–Kier alpha value is -0.900. The van der Waals surface area contributed by atoms with Gasteiger partial charge in [-0.15, -0.1) is 0 Å². The highest BCUT2D eigenvalue weighted by atomic mass is 79.9. The summed E-state index contributed by atoms with van der Waals surface area (Å²) in [5.41, 5.74) is 0.719. The lowest BCUT2D eigenvalue weighted by atomic mass is 10.1. The standard InChI is InChI=1S/C10H8BrFO2/c11-7-2-1-6(5-8(7)12)9-3-4-10(13)14-9/h1-2,5,9H,3-4H2/t9-/m1/s1. The van der Waals surface area contributed by atoms with Crippen LogP contribution in [0.2, 0.25) is 0 Å². The first-order valence-electron chi connectivity index (χ1n) is 4.31. The van der Waals surface area contributed by atoms with E-state index in [2.05, 4.69) is 15.9 Å². The first-order chi connectivity index (χ1) is 6.66. The number of benzene rings is 1. The summed E-state index contributed by atoms with van der Waals surface area (Å²) in [5.74, 6) is -0.538. The molecule has 2 rings (SSSR count). The summed E-state index contributed by atoms with van der Waals surface area (Å²) in [6.45, 7) is 0. The molecule has 0 bridgehead atoms. The quantitative estimate of drug-likeness (QED) is 0.725. The second-order valence-corrected chi connectivity index (χ2v) is 4.05. The molecule has 0 aliphatic carbocycles.